The van der Waals surface area contributed by atoms with Gasteiger partial charge in [-0.25, -0.2) is 9.37 Å². The summed E-state index contributed by atoms with van der Waals surface area (Å²) in [5, 5.41) is 1.50. The maximum absolute atomic E-state index is 13.6. The molecule has 0 aliphatic heterocycles. The lowest BCUT2D eigenvalue weighted by atomic mass is 10.1. The first-order valence-electron chi connectivity index (χ1n) is 7.37. The van der Waals surface area contributed by atoms with Crippen molar-refractivity contribution in [1.82, 2.24) is 9.55 Å². The van der Waals surface area contributed by atoms with Gasteiger partial charge in [0.15, 0.2) is 0 Å². The van der Waals surface area contributed by atoms with Crippen LogP contribution in [0.15, 0.2) is 42.6 Å². The van der Waals surface area contributed by atoms with Crippen LogP contribution < -0.4 is 0 Å². The summed E-state index contributed by atoms with van der Waals surface area (Å²) in [6, 6.07) is 2.41. The van der Waals surface area contributed by atoms with E-state index in [1.165, 1.54) is 28.3 Å². The molecule has 136 valence electrons. The summed E-state index contributed by atoms with van der Waals surface area (Å²) >= 11 is 0.547. The first-order valence-corrected chi connectivity index (χ1v) is 8.25. The monoisotopic (exact) mass is 384 g/mol. The van der Waals surface area contributed by atoms with Crippen molar-refractivity contribution in [2.45, 2.75) is 12.7 Å². The van der Waals surface area contributed by atoms with Crippen molar-refractivity contribution in [3.63, 3.8) is 0 Å². The number of carbonyl (C=O) groups excluding carboxylic acids is 1. The van der Waals surface area contributed by atoms with Crippen molar-refractivity contribution in [2.75, 3.05) is 6.61 Å². The minimum atomic E-state index is -4.54. The number of nitrogens with zero attached hydrogens (tertiary/aromatic N) is 2. The van der Waals surface area contributed by atoms with Gasteiger partial charge < -0.3 is 9.30 Å². The van der Waals surface area contributed by atoms with Crippen LogP contribution in [0.3, 0.4) is 0 Å². The van der Waals surface area contributed by atoms with E-state index in [0.29, 0.717) is 11.3 Å². The number of rotatable bonds is 5. The number of esters is 1. The fraction of sp³-hybridized carbons (Fsp3) is 0.176. The van der Waals surface area contributed by atoms with E-state index in [0.717, 1.165) is 12.3 Å². The molecule has 3 aromatic heterocycles. The Morgan fingerprint density at radius 2 is 2.15 bits per heavy atom. The van der Waals surface area contributed by atoms with E-state index in [1.807, 2.05) is 0 Å². The number of halogens is 4. The molecule has 0 bridgehead atoms. The summed E-state index contributed by atoms with van der Waals surface area (Å²) in [5.74, 6) is -1.30. The Kier molecular flexibility index (Phi) is 4.82. The number of hydrogen-bond donors (Lipinski definition) is 0. The van der Waals surface area contributed by atoms with Crippen molar-refractivity contribution in [1.29, 1.82) is 0 Å². The Morgan fingerprint density at radius 3 is 2.85 bits per heavy atom. The molecule has 4 nitrogen and oxygen atoms in total. The zero-order valence-corrected chi connectivity index (χ0v) is 14.0. The van der Waals surface area contributed by atoms with E-state index in [1.54, 1.807) is 0 Å². The molecule has 0 aliphatic carbocycles. The highest BCUT2D eigenvalue weighted by molar-refractivity contribution is 7.10. The SMILES string of the molecule is C=CCOC(=O)Cn1cc(-c2ccsc2C(F)(F)F)c2cc(F)cnc21. The smallest absolute Gasteiger partial charge is 0.426 e. The molecule has 0 fully saturated rings. The average Bonchev–Trinajstić information content (AvgIpc) is 3.17. The second-order valence-electron chi connectivity index (χ2n) is 5.33. The van der Waals surface area contributed by atoms with Crippen LogP contribution in [0.5, 0.6) is 0 Å². The maximum Gasteiger partial charge on any atom is 0.426 e. The van der Waals surface area contributed by atoms with E-state index >= 15 is 0 Å². The highest BCUT2D eigenvalue weighted by Gasteiger charge is 2.36. The Morgan fingerprint density at radius 1 is 1.38 bits per heavy atom. The number of aromatic nitrogens is 2. The van der Waals surface area contributed by atoms with E-state index < -0.39 is 22.8 Å². The third-order valence-corrected chi connectivity index (χ3v) is 4.51. The fourth-order valence-corrected chi connectivity index (χ4v) is 3.34. The van der Waals surface area contributed by atoms with Crippen LogP contribution in [0.25, 0.3) is 22.2 Å². The molecule has 0 amide bonds. The zero-order chi connectivity index (χ0) is 18.9. The normalized spacial score (nSPS) is 11.7. The van der Waals surface area contributed by atoms with Crippen molar-refractivity contribution < 1.29 is 27.1 Å². The zero-order valence-electron chi connectivity index (χ0n) is 13.2. The molecular formula is C17H12F4N2O2S. The quantitative estimate of drug-likeness (QED) is 0.365. The van der Waals surface area contributed by atoms with Crippen LogP contribution in [0.1, 0.15) is 4.88 Å². The molecule has 3 aromatic rings. The average molecular weight is 384 g/mol. The molecule has 0 aromatic carbocycles. The van der Waals surface area contributed by atoms with Crippen LogP contribution in [0, 0.1) is 5.82 Å². The number of hydrogen-bond acceptors (Lipinski definition) is 4. The lowest BCUT2D eigenvalue weighted by Gasteiger charge is -2.06. The molecule has 0 saturated carbocycles. The van der Waals surface area contributed by atoms with Gasteiger partial charge in [-0.1, -0.05) is 12.7 Å². The van der Waals surface area contributed by atoms with Crippen molar-refractivity contribution in [2.24, 2.45) is 0 Å². The molecule has 0 N–H and O–H groups in total. The van der Waals surface area contributed by atoms with Crippen LogP contribution in [-0.4, -0.2) is 22.1 Å². The van der Waals surface area contributed by atoms with Gasteiger partial charge in [0.25, 0.3) is 0 Å². The standard InChI is InChI=1S/C17H12F4N2O2S/c1-2-4-25-14(24)9-23-8-13(12-6-10(18)7-22-16(12)23)11-3-5-26-15(11)17(19,20)21/h2-3,5-8H,1,4,9H2. The summed E-state index contributed by atoms with van der Waals surface area (Å²) in [6.45, 7) is 3.17. The van der Waals surface area contributed by atoms with Crippen LogP contribution in [0.2, 0.25) is 0 Å². The number of alkyl halides is 3. The van der Waals surface area contributed by atoms with E-state index in [2.05, 4.69) is 11.6 Å². The number of carbonyl (C=O) groups is 1. The predicted octanol–water partition coefficient (Wildman–Crippen LogP) is 4.65. The predicted molar refractivity (Wildman–Crippen MR) is 89.2 cm³/mol. The Labute approximate surface area is 149 Å². The third kappa shape index (κ3) is 3.48. The van der Waals surface area contributed by atoms with Gasteiger partial charge in [0.2, 0.25) is 0 Å². The third-order valence-electron chi connectivity index (χ3n) is 3.55. The molecule has 3 rings (SSSR count). The Balaban J connectivity index is 2.12. The molecule has 0 aliphatic rings. The molecule has 9 heteroatoms. The molecule has 0 spiro atoms. The molecule has 0 unspecified atom stereocenters. The number of ether oxygens (including phenoxy) is 1. The molecular weight excluding hydrogens is 372 g/mol. The summed E-state index contributed by atoms with van der Waals surface area (Å²) < 4.78 is 59.6. The molecule has 26 heavy (non-hydrogen) atoms. The maximum atomic E-state index is 13.6. The van der Waals surface area contributed by atoms with Crippen LogP contribution in [0.4, 0.5) is 17.6 Å². The molecule has 0 atom stereocenters. The van der Waals surface area contributed by atoms with Gasteiger partial charge in [-0.2, -0.15) is 13.2 Å². The largest absolute Gasteiger partial charge is 0.460 e. The summed E-state index contributed by atoms with van der Waals surface area (Å²) in [6.07, 6.45) is -0.854. The first kappa shape index (κ1) is 18.1. The van der Waals surface area contributed by atoms with E-state index in [4.69, 9.17) is 4.74 Å². The van der Waals surface area contributed by atoms with Gasteiger partial charge in [-0.15, -0.1) is 11.3 Å². The molecule has 0 saturated heterocycles. The number of thiophene rings is 1. The Bertz CT molecular complexity index is 975. The summed E-state index contributed by atoms with van der Waals surface area (Å²) in [5.41, 5.74) is 0.256. The topological polar surface area (TPSA) is 44.1 Å². The van der Waals surface area contributed by atoms with Crippen molar-refractivity contribution >= 4 is 28.3 Å². The van der Waals surface area contributed by atoms with Crippen LogP contribution >= 0.6 is 11.3 Å². The van der Waals surface area contributed by atoms with Gasteiger partial charge in [-0.05, 0) is 17.5 Å². The second-order valence-corrected chi connectivity index (χ2v) is 6.24. The van der Waals surface area contributed by atoms with Crippen LogP contribution in [-0.2, 0) is 22.3 Å². The van der Waals surface area contributed by atoms with E-state index in [9.17, 15) is 22.4 Å². The van der Waals surface area contributed by atoms with Gasteiger partial charge in [-0.3, -0.25) is 4.79 Å². The summed E-state index contributed by atoms with van der Waals surface area (Å²) in [4.78, 5) is 15.0. The Hall–Kier alpha value is -2.68. The first-order chi connectivity index (χ1) is 12.3. The lowest BCUT2D eigenvalue weighted by Crippen LogP contribution is -2.13. The van der Waals surface area contributed by atoms with Gasteiger partial charge in [0, 0.05) is 22.7 Å². The van der Waals surface area contributed by atoms with Gasteiger partial charge >= 0.3 is 12.1 Å². The fourth-order valence-electron chi connectivity index (χ4n) is 2.56. The second kappa shape index (κ2) is 6.91. The van der Waals surface area contributed by atoms with Gasteiger partial charge in [0.1, 0.15) is 29.5 Å². The van der Waals surface area contributed by atoms with Gasteiger partial charge in [0.05, 0.1) is 6.20 Å². The minimum Gasteiger partial charge on any atom is -0.460 e. The lowest BCUT2D eigenvalue weighted by molar-refractivity contribution is -0.143. The van der Waals surface area contributed by atoms with Crippen molar-refractivity contribution in [3.8, 4) is 11.1 Å². The number of pyridine rings is 1. The molecule has 3 heterocycles. The highest BCUT2D eigenvalue weighted by atomic mass is 32.1. The minimum absolute atomic E-state index is 0.00962. The number of fused-ring (bicyclic) bond motifs is 1. The summed E-state index contributed by atoms with van der Waals surface area (Å²) in [7, 11) is 0. The van der Waals surface area contributed by atoms with Crippen molar-refractivity contribution in [3.05, 3.63) is 53.3 Å². The highest BCUT2D eigenvalue weighted by Crippen LogP contribution is 2.43. The van der Waals surface area contributed by atoms with E-state index in [-0.39, 0.29) is 35.3 Å². The molecule has 0 radical (unpaired) electrons.